The Labute approximate surface area is 164 Å². The lowest BCUT2D eigenvalue weighted by atomic mass is 10.3. The van der Waals surface area contributed by atoms with Crippen molar-refractivity contribution in [2.45, 2.75) is 5.16 Å². The van der Waals surface area contributed by atoms with Crippen molar-refractivity contribution in [2.24, 2.45) is 0 Å². The van der Waals surface area contributed by atoms with Crippen LogP contribution in [0.4, 0.5) is 5.69 Å². The van der Waals surface area contributed by atoms with E-state index in [1.165, 1.54) is 11.8 Å². The van der Waals surface area contributed by atoms with Crippen LogP contribution in [0, 0.1) is 0 Å². The predicted octanol–water partition coefficient (Wildman–Crippen LogP) is 4.31. The first-order valence-electron chi connectivity index (χ1n) is 7.49. The van der Waals surface area contributed by atoms with Gasteiger partial charge in [0.05, 0.1) is 29.3 Å². The summed E-state index contributed by atoms with van der Waals surface area (Å²) in [5.74, 6) is 0.592. The topological polar surface area (TPSA) is 69.0 Å². The molecule has 0 bridgehead atoms. The number of thioether (sulfide) groups is 1. The minimum atomic E-state index is -0.228. The smallest absolute Gasteiger partial charge is 0.234 e. The molecule has 2 aromatic carbocycles. The summed E-state index contributed by atoms with van der Waals surface area (Å²) >= 11 is 13.2. The van der Waals surface area contributed by atoms with Crippen LogP contribution in [0.1, 0.15) is 0 Å². The van der Waals surface area contributed by atoms with Crippen LogP contribution in [-0.2, 0) is 4.79 Å². The van der Waals surface area contributed by atoms with Crippen molar-refractivity contribution in [2.75, 3.05) is 18.2 Å². The van der Waals surface area contributed by atoms with Crippen LogP contribution < -0.4 is 10.1 Å². The number of methoxy groups -OCH3 is 1. The van der Waals surface area contributed by atoms with Crippen LogP contribution in [-0.4, -0.2) is 33.5 Å². The second-order valence-corrected chi connectivity index (χ2v) is 6.90. The second-order valence-electron chi connectivity index (χ2n) is 5.12. The summed E-state index contributed by atoms with van der Waals surface area (Å²) in [6, 6.07) is 12.4. The molecule has 9 heteroatoms. The fourth-order valence-electron chi connectivity index (χ4n) is 2.23. The van der Waals surface area contributed by atoms with Gasteiger partial charge in [-0.25, -0.2) is 0 Å². The van der Waals surface area contributed by atoms with Gasteiger partial charge in [0.25, 0.3) is 0 Å². The van der Waals surface area contributed by atoms with Crippen LogP contribution in [0.15, 0.2) is 53.9 Å². The molecule has 26 heavy (non-hydrogen) atoms. The van der Waals surface area contributed by atoms with Gasteiger partial charge in [0.2, 0.25) is 5.91 Å². The van der Waals surface area contributed by atoms with Gasteiger partial charge in [0.1, 0.15) is 12.1 Å². The number of rotatable bonds is 6. The predicted molar refractivity (Wildman–Crippen MR) is 104 cm³/mol. The van der Waals surface area contributed by atoms with E-state index in [2.05, 4.69) is 15.5 Å². The fourth-order valence-corrected chi connectivity index (χ4v) is 3.29. The second kappa shape index (κ2) is 8.44. The van der Waals surface area contributed by atoms with Gasteiger partial charge in [-0.1, -0.05) is 47.1 Å². The van der Waals surface area contributed by atoms with Gasteiger partial charge in [-0.2, -0.15) is 0 Å². The number of hydrogen-bond acceptors (Lipinski definition) is 5. The minimum Gasteiger partial charge on any atom is -0.495 e. The molecule has 0 atom stereocenters. The van der Waals surface area contributed by atoms with E-state index in [0.717, 1.165) is 5.69 Å². The first kappa shape index (κ1) is 18.6. The number of amides is 1. The summed E-state index contributed by atoms with van der Waals surface area (Å²) in [5.41, 5.74) is 1.26. The lowest BCUT2D eigenvalue weighted by molar-refractivity contribution is -0.113. The normalized spacial score (nSPS) is 10.6. The van der Waals surface area contributed by atoms with Gasteiger partial charge in [-0.15, -0.1) is 10.2 Å². The van der Waals surface area contributed by atoms with Crippen molar-refractivity contribution >= 4 is 46.6 Å². The molecular formula is C17H14Cl2N4O2S. The third-order valence-electron chi connectivity index (χ3n) is 3.40. The number of benzene rings is 2. The molecule has 1 heterocycles. The van der Waals surface area contributed by atoms with Gasteiger partial charge in [0, 0.05) is 5.02 Å². The molecule has 0 radical (unpaired) electrons. The molecular weight excluding hydrogens is 395 g/mol. The summed E-state index contributed by atoms with van der Waals surface area (Å²) in [6.45, 7) is 0. The number of anilines is 1. The Bertz CT molecular complexity index is 933. The number of ether oxygens (including phenoxy) is 1. The maximum Gasteiger partial charge on any atom is 0.234 e. The summed E-state index contributed by atoms with van der Waals surface area (Å²) in [4.78, 5) is 12.2. The van der Waals surface area contributed by atoms with Crippen LogP contribution in [0.5, 0.6) is 5.75 Å². The highest BCUT2D eigenvalue weighted by Gasteiger charge is 2.14. The van der Waals surface area contributed by atoms with Gasteiger partial charge >= 0.3 is 0 Å². The number of para-hydroxylation sites is 2. The molecule has 1 amide bonds. The highest BCUT2D eigenvalue weighted by atomic mass is 35.5. The maximum absolute atomic E-state index is 12.2. The number of carbonyl (C=O) groups excluding carboxylic acids is 1. The van der Waals surface area contributed by atoms with E-state index in [1.54, 1.807) is 36.2 Å². The van der Waals surface area contributed by atoms with Crippen LogP contribution in [0.3, 0.4) is 0 Å². The Morgan fingerprint density at radius 2 is 2.08 bits per heavy atom. The molecule has 1 aromatic heterocycles. The average Bonchev–Trinajstić information content (AvgIpc) is 3.11. The Hall–Kier alpha value is -2.22. The lowest BCUT2D eigenvalue weighted by Gasteiger charge is -2.11. The summed E-state index contributed by atoms with van der Waals surface area (Å²) in [7, 11) is 1.60. The van der Waals surface area contributed by atoms with Crippen molar-refractivity contribution in [3.05, 3.63) is 58.8 Å². The molecule has 0 saturated carbocycles. The monoisotopic (exact) mass is 408 g/mol. The third-order valence-corrected chi connectivity index (χ3v) is 4.90. The van der Waals surface area contributed by atoms with Gasteiger partial charge in [0.15, 0.2) is 5.16 Å². The molecule has 0 aliphatic carbocycles. The van der Waals surface area contributed by atoms with Crippen molar-refractivity contribution in [1.82, 2.24) is 14.8 Å². The van der Waals surface area contributed by atoms with Crippen LogP contribution >= 0.6 is 35.0 Å². The zero-order valence-electron chi connectivity index (χ0n) is 13.6. The van der Waals surface area contributed by atoms with E-state index in [-0.39, 0.29) is 11.7 Å². The van der Waals surface area contributed by atoms with E-state index in [4.69, 9.17) is 27.9 Å². The first-order chi connectivity index (χ1) is 12.6. The molecule has 1 N–H and O–H groups in total. The molecule has 0 spiro atoms. The number of hydrogen-bond donors (Lipinski definition) is 1. The Kier molecular flexibility index (Phi) is 6.03. The van der Waals surface area contributed by atoms with Gasteiger partial charge in [-0.3, -0.25) is 9.36 Å². The maximum atomic E-state index is 12.2. The molecule has 3 rings (SSSR count). The number of nitrogens with one attached hydrogen (secondary N) is 1. The zero-order valence-corrected chi connectivity index (χ0v) is 16.0. The molecule has 3 aromatic rings. The van der Waals surface area contributed by atoms with Crippen molar-refractivity contribution in [1.29, 1.82) is 0 Å². The molecule has 0 saturated heterocycles. The van der Waals surface area contributed by atoms with E-state index in [0.29, 0.717) is 26.6 Å². The van der Waals surface area contributed by atoms with E-state index in [1.807, 2.05) is 24.3 Å². The highest BCUT2D eigenvalue weighted by Crippen LogP contribution is 2.28. The molecule has 0 fully saturated rings. The SMILES string of the molecule is COc1ccccc1-n1cnnc1SCC(=O)Nc1cc(Cl)ccc1Cl. The number of nitrogens with zero attached hydrogens (tertiary/aromatic N) is 3. The molecule has 134 valence electrons. The minimum absolute atomic E-state index is 0.136. The highest BCUT2D eigenvalue weighted by molar-refractivity contribution is 7.99. The Morgan fingerprint density at radius 3 is 2.88 bits per heavy atom. The van der Waals surface area contributed by atoms with Crippen molar-refractivity contribution < 1.29 is 9.53 Å². The number of halogens is 2. The quantitative estimate of drug-likeness (QED) is 0.615. The summed E-state index contributed by atoms with van der Waals surface area (Å²) in [5, 5.41) is 12.2. The van der Waals surface area contributed by atoms with Gasteiger partial charge < -0.3 is 10.1 Å². The first-order valence-corrected chi connectivity index (χ1v) is 9.23. The average molecular weight is 409 g/mol. The zero-order chi connectivity index (χ0) is 18.5. The molecule has 0 aliphatic heterocycles. The lowest BCUT2D eigenvalue weighted by Crippen LogP contribution is -2.15. The Balaban J connectivity index is 1.70. The standard InChI is InChI=1S/C17H14Cl2N4O2S/c1-25-15-5-3-2-4-14(15)23-10-20-22-17(23)26-9-16(24)21-13-8-11(18)6-7-12(13)19/h2-8,10H,9H2,1H3,(H,21,24). The van der Waals surface area contributed by atoms with Crippen LogP contribution in [0.2, 0.25) is 10.0 Å². The molecule has 0 unspecified atom stereocenters. The third kappa shape index (κ3) is 4.30. The van der Waals surface area contributed by atoms with Crippen LogP contribution in [0.25, 0.3) is 5.69 Å². The molecule has 6 nitrogen and oxygen atoms in total. The van der Waals surface area contributed by atoms with Crippen molar-refractivity contribution in [3.63, 3.8) is 0 Å². The van der Waals surface area contributed by atoms with E-state index in [9.17, 15) is 4.79 Å². The van der Waals surface area contributed by atoms with Crippen molar-refractivity contribution in [3.8, 4) is 11.4 Å². The number of aromatic nitrogens is 3. The number of carbonyl (C=O) groups is 1. The largest absolute Gasteiger partial charge is 0.495 e. The molecule has 0 aliphatic rings. The van der Waals surface area contributed by atoms with E-state index < -0.39 is 0 Å². The summed E-state index contributed by atoms with van der Waals surface area (Å²) in [6.07, 6.45) is 1.58. The van der Waals surface area contributed by atoms with Gasteiger partial charge in [-0.05, 0) is 30.3 Å². The Morgan fingerprint density at radius 1 is 1.27 bits per heavy atom. The van der Waals surface area contributed by atoms with E-state index >= 15 is 0 Å². The fraction of sp³-hybridized carbons (Fsp3) is 0.118. The summed E-state index contributed by atoms with van der Waals surface area (Å²) < 4.78 is 7.13.